The molecule has 1 aliphatic heterocycles. The molecule has 1 aromatic rings. The van der Waals surface area contributed by atoms with Crippen molar-refractivity contribution in [3.63, 3.8) is 0 Å². The Labute approximate surface area is 124 Å². The summed E-state index contributed by atoms with van der Waals surface area (Å²) in [6, 6.07) is 9.44. The van der Waals surface area contributed by atoms with Gasteiger partial charge in [-0.2, -0.15) is 0 Å². The van der Waals surface area contributed by atoms with Crippen LogP contribution in [0.4, 0.5) is 13.6 Å². The zero-order valence-electron chi connectivity index (χ0n) is 11.8. The van der Waals surface area contributed by atoms with E-state index in [0.717, 1.165) is 5.56 Å². The van der Waals surface area contributed by atoms with Crippen LogP contribution in [-0.4, -0.2) is 43.1 Å². The van der Waals surface area contributed by atoms with Gasteiger partial charge in [0.2, 0.25) is 0 Å². The minimum Gasteiger partial charge on any atom is -0.445 e. The van der Waals surface area contributed by atoms with E-state index in [1.54, 1.807) is 4.90 Å². The van der Waals surface area contributed by atoms with Crippen molar-refractivity contribution in [2.75, 3.05) is 19.6 Å². The molecule has 1 aromatic carbocycles. The number of benzene rings is 1. The van der Waals surface area contributed by atoms with E-state index in [0.29, 0.717) is 25.9 Å². The Balaban J connectivity index is 0.00000242. The Morgan fingerprint density at radius 2 is 2.00 bits per heavy atom. The molecule has 0 aromatic heterocycles. The molecule has 2 rings (SSSR count). The number of halogens is 2. The third kappa shape index (κ3) is 5.67. The van der Waals surface area contributed by atoms with Gasteiger partial charge in [-0.15, -0.1) is 0 Å². The van der Waals surface area contributed by atoms with E-state index in [9.17, 15) is 13.6 Å². The van der Waals surface area contributed by atoms with Gasteiger partial charge in [0.25, 0.3) is 6.43 Å². The average Bonchev–Trinajstić information content (AvgIpc) is 2.48. The predicted octanol–water partition coefficient (Wildman–Crippen LogP) is 2.89. The summed E-state index contributed by atoms with van der Waals surface area (Å²) in [5.41, 5.74) is 0.930. The fraction of sp³-hybridized carbons (Fsp3) is 0.533. The van der Waals surface area contributed by atoms with Crippen LogP contribution in [-0.2, 0) is 11.3 Å². The van der Waals surface area contributed by atoms with Crippen LogP contribution in [0.25, 0.3) is 0 Å². The SMILES string of the molecule is O=C(NC1CCN(CC(F)F)CC1)OCc1ccccc1.[HH]. The maximum atomic E-state index is 12.3. The molecule has 0 unspecified atom stereocenters. The third-order valence-corrected chi connectivity index (χ3v) is 3.52. The highest BCUT2D eigenvalue weighted by atomic mass is 19.3. The first-order valence-electron chi connectivity index (χ1n) is 7.11. The highest BCUT2D eigenvalue weighted by Crippen LogP contribution is 2.12. The standard InChI is InChI=1S/C15H20F2N2O2.H2/c16-14(17)10-19-8-6-13(7-9-19)18-15(20)21-11-12-4-2-1-3-5-12;/h1-5,13-14H,6-11H2,(H,18,20);1H. The highest BCUT2D eigenvalue weighted by molar-refractivity contribution is 5.67. The van der Waals surface area contributed by atoms with Crippen LogP contribution >= 0.6 is 0 Å². The highest BCUT2D eigenvalue weighted by Gasteiger charge is 2.22. The molecular weight excluding hydrogens is 278 g/mol. The van der Waals surface area contributed by atoms with Crippen molar-refractivity contribution < 1.29 is 19.7 Å². The number of hydrogen-bond donors (Lipinski definition) is 1. The number of amides is 1. The van der Waals surface area contributed by atoms with Crippen LogP contribution in [0.1, 0.15) is 19.8 Å². The van der Waals surface area contributed by atoms with E-state index in [4.69, 9.17) is 4.74 Å². The van der Waals surface area contributed by atoms with Gasteiger partial charge in [-0.05, 0) is 18.4 Å². The maximum Gasteiger partial charge on any atom is 0.407 e. The number of hydrogen-bond acceptors (Lipinski definition) is 3. The summed E-state index contributed by atoms with van der Waals surface area (Å²) >= 11 is 0. The molecule has 1 aliphatic rings. The average molecular weight is 300 g/mol. The lowest BCUT2D eigenvalue weighted by Gasteiger charge is -2.31. The van der Waals surface area contributed by atoms with Crippen molar-refractivity contribution in [3.8, 4) is 0 Å². The van der Waals surface area contributed by atoms with Gasteiger partial charge in [0.15, 0.2) is 0 Å². The summed E-state index contributed by atoms with van der Waals surface area (Å²) in [5.74, 6) is 0. The first kappa shape index (κ1) is 15.7. The van der Waals surface area contributed by atoms with Crippen molar-refractivity contribution in [3.05, 3.63) is 35.9 Å². The zero-order chi connectivity index (χ0) is 15.1. The second kappa shape index (κ2) is 7.93. The smallest absolute Gasteiger partial charge is 0.407 e. The largest absolute Gasteiger partial charge is 0.445 e. The summed E-state index contributed by atoms with van der Waals surface area (Å²) in [5, 5.41) is 2.79. The summed E-state index contributed by atoms with van der Waals surface area (Å²) in [7, 11) is 0. The lowest BCUT2D eigenvalue weighted by Crippen LogP contribution is -2.45. The van der Waals surface area contributed by atoms with E-state index >= 15 is 0 Å². The fourth-order valence-corrected chi connectivity index (χ4v) is 2.39. The van der Waals surface area contributed by atoms with Gasteiger partial charge in [-0.25, -0.2) is 13.6 Å². The molecule has 1 amide bonds. The van der Waals surface area contributed by atoms with Gasteiger partial charge >= 0.3 is 6.09 Å². The number of piperidine rings is 1. The van der Waals surface area contributed by atoms with Crippen LogP contribution in [0, 0.1) is 0 Å². The van der Waals surface area contributed by atoms with E-state index in [2.05, 4.69) is 5.32 Å². The monoisotopic (exact) mass is 300 g/mol. The summed E-state index contributed by atoms with van der Waals surface area (Å²) in [4.78, 5) is 13.4. The molecule has 21 heavy (non-hydrogen) atoms. The summed E-state index contributed by atoms with van der Waals surface area (Å²) in [6.45, 7) is 1.20. The Bertz CT molecular complexity index is 440. The zero-order valence-corrected chi connectivity index (χ0v) is 11.8. The van der Waals surface area contributed by atoms with Crippen LogP contribution < -0.4 is 5.32 Å². The van der Waals surface area contributed by atoms with Gasteiger partial charge < -0.3 is 10.1 Å². The summed E-state index contributed by atoms with van der Waals surface area (Å²) < 4.78 is 29.7. The Morgan fingerprint density at radius 3 is 2.62 bits per heavy atom. The van der Waals surface area contributed by atoms with Crippen LogP contribution in [0.5, 0.6) is 0 Å². The van der Waals surface area contributed by atoms with Crippen molar-refractivity contribution in [1.82, 2.24) is 10.2 Å². The minimum atomic E-state index is -2.30. The van der Waals surface area contributed by atoms with E-state index in [1.165, 1.54) is 0 Å². The van der Waals surface area contributed by atoms with Gasteiger partial charge in [-0.1, -0.05) is 30.3 Å². The predicted molar refractivity (Wildman–Crippen MR) is 77.3 cm³/mol. The van der Waals surface area contributed by atoms with Gasteiger partial charge in [0.05, 0.1) is 6.54 Å². The van der Waals surface area contributed by atoms with E-state index in [-0.39, 0.29) is 20.6 Å². The van der Waals surface area contributed by atoms with Crippen molar-refractivity contribution >= 4 is 6.09 Å². The van der Waals surface area contributed by atoms with E-state index in [1.807, 2.05) is 30.3 Å². The minimum absolute atomic E-state index is 0. The quantitative estimate of drug-likeness (QED) is 0.909. The number of rotatable bonds is 5. The number of alkyl carbamates (subject to hydrolysis) is 1. The van der Waals surface area contributed by atoms with Crippen LogP contribution in [0.3, 0.4) is 0 Å². The topological polar surface area (TPSA) is 41.6 Å². The molecule has 118 valence electrons. The van der Waals surface area contributed by atoms with Gasteiger partial charge in [-0.3, -0.25) is 4.90 Å². The Morgan fingerprint density at radius 1 is 1.33 bits per heavy atom. The van der Waals surface area contributed by atoms with Gasteiger partial charge in [0, 0.05) is 20.6 Å². The second-order valence-electron chi connectivity index (χ2n) is 5.17. The first-order chi connectivity index (χ1) is 10.1. The molecule has 6 heteroatoms. The summed E-state index contributed by atoms with van der Waals surface area (Å²) in [6.07, 6.45) is -1.41. The number of carbonyl (C=O) groups excluding carboxylic acids is 1. The molecule has 1 saturated heterocycles. The Kier molecular flexibility index (Phi) is 5.92. The number of nitrogens with one attached hydrogen (secondary N) is 1. The van der Waals surface area contributed by atoms with Crippen LogP contribution in [0.2, 0.25) is 0 Å². The van der Waals surface area contributed by atoms with Crippen molar-refractivity contribution in [1.29, 1.82) is 0 Å². The van der Waals surface area contributed by atoms with Crippen molar-refractivity contribution in [2.24, 2.45) is 0 Å². The molecule has 0 saturated carbocycles. The first-order valence-corrected chi connectivity index (χ1v) is 7.11. The molecular formula is C15H22F2N2O2. The number of likely N-dealkylation sites (tertiary alicyclic amines) is 1. The maximum absolute atomic E-state index is 12.3. The fourth-order valence-electron chi connectivity index (χ4n) is 2.39. The molecule has 0 atom stereocenters. The number of ether oxygens (including phenoxy) is 1. The molecule has 0 bridgehead atoms. The molecule has 4 nitrogen and oxygen atoms in total. The third-order valence-electron chi connectivity index (χ3n) is 3.52. The second-order valence-corrected chi connectivity index (χ2v) is 5.17. The van der Waals surface area contributed by atoms with Gasteiger partial charge in [0.1, 0.15) is 6.61 Å². The lowest BCUT2D eigenvalue weighted by atomic mass is 10.1. The molecule has 1 fully saturated rings. The number of alkyl halides is 2. The molecule has 1 heterocycles. The molecule has 0 radical (unpaired) electrons. The molecule has 0 aliphatic carbocycles. The molecule has 0 spiro atoms. The van der Waals surface area contributed by atoms with E-state index < -0.39 is 12.5 Å². The van der Waals surface area contributed by atoms with Crippen molar-refractivity contribution in [2.45, 2.75) is 31.9 Å². The van der Waals surface area contributed by atoms with Crippen LogP contribution in [0.15, 0.2) is 30.3 Å². The lowest BCUT2D eigenvalue weighted by molar-refractivity contribution is 0.0710. The number of nitrogens with zero attached hydrogens (tertiary/aromatic N) is 1. The normalized spacial score (nSPS) is 16.9. The number of carbonyl (C=O) groups is 1. The molecule has 1 N–H and O–H groups in total. The Hall–Kier alpha value is -1.69.